The summed E-state index contributed by atoms with van der Waals surface area (Å²) in [6.07, 6.45) is 0. The Morgan fingerprint density at radius 3 is 2.15 bits per heavy atom. The first-order valence-corrected chi connectivity index (χ1v) is 7.22. The lowest BCUT2D eigenvalue weighted by Gasteiger charge is -2.21. The van der Waals surface area contributed by atoms with Gasteiger partial charge in [0.25, 0.3) is 0 Å². The van der Waals surface area contributed by atoms with E-state index >= 15 is 0 Å². The monoisotopic (exact) mass is 336 g/mol. The van der Waals surface area contributed by atoms with Gasteiger partial charge in [-0.15, -0.1) is 0 Å². The van der Waals surface area contributed by atoms with Crippen molar-refractivity contribution in [3.63, 3.8) is 0 Å². The molecule has 0 aliphatic heterocycles. The molecular formula is C16H18BrFN2. The molecule has 2 nitrogen and oxygen atoms in total. The molecule has 0 amide bonds. The third kappa shape index (κ3) is 2.92. The average molecular weight is 337 g/mol. The van der Waals surface area contributed by atoms with Gasteiger partial charge in [0.05, 0.1) is 6.04 Å². The molecule has 20 heavy (non-hydrogen) atoms. The zero-order valence-corrected chi connectivity index (χ0v) is 13.4. The first-order chi connectivity index (χ1) is 9.43. The number of hydrazine groups is 1. The number of hydrogen-bond acceptors (Lipinski definition) is 2. The minimum absolute atomic E-state index is 0.152. The van der Waals surface area contributed by atoms with E-state index < -0.39 is 0 Å². The van der Waals surface area contributed by atoms with E-state index in [0.717, 1.165) is 32.3 Å². The number of aryl methyl sites for hydroxylation is 3. The smallest absolute Gasteiger partial charge is 0.123 e. The van der Waals surface area contributed by atoms with Gasteiger partial charge in [0.1, 0.15) is 5.82 Å². The minimum Gasteiger partial charge on any atom is -0.271 e. The molecule has 0 saturated heterocycles. The van der Waals surface area contributed by atoms with Gasteiger partial charge in [0.2, 0.25) is 0 Å². The predicted molar refractivity (Wildman–Crippen MR) is 83.9 cm³/mol. The number of rotatable bonds is 3. The highest BCUT2D eigenvalue weighted by molar-refractivity contribution is 9.10. The molecule has 0 radical (unpaired) electrons. The Balaban J connectivity index is 2.52. The molecule has 0 bridgehead atoms. The molecule has 3 N–H and O–H groups in total. The van der Waals surface area contributed by atoms with E-state index in [0.29, 0.717) is 0 Å². The highest BCUT2D eigenvalue weighted by atomic mass is 79.9. The van der Waals surface area contributed by atoms with Crippen LogP contribution in [0.1, 0.15) is 33.9 Å². The predicted octanol–water partition coefficient (Wildman–Crippen LogP) is 4.07. The number of halogens is 2. The van der Waals surface area contributed by atoms with Gasteiger partial charge in [-0.05, 0) is 60.7 Å². The second kappa shape index (κ2) is 6.04. The van der Waals surface area contributed by atoms with E-state index in [1.807, 2.05) is 20.8 Å². The SMILES string of the molecule is Cc1cc(F)ccc1C(NN)c1cc(C)c(Br)c(C)c1. The zero-order chi connectivity index (χ0) is 14.9. The molecule has 0 heterocycles. The van der Waals surface area contributed by atoms with Crippen LogP contribution >= 0.6 is 15.9 Å². The quantitative estimate of drug-likeness (QED) is 0.655. The summed E-state index contributed by atoms with van der Waals surface area (Å²) in [6.45, 7) is 5.98. The molecule has 0 aromatic heterocycles. The van der Waals surface area contributed by atoms with Gasteiger partial charge >= 0.3 is 0 Å². The molecule has 0 fully saturated rings. The standard InChI is InChI=1S/C16H18BrFN2/c1-9-8-13(18)4-5-14(9)16(20-19)12-6-10(2)15(17)11(3)7-12/h4-8,16,20H,19H2,1-3H3. The maximum atomic E-state index is 13.2. The fourth-order valence-electron chi connectivity index (χ4n) is 2.47. The van der Waals surface area contributed by atoms with Crippen LogP contribution < -0.4 is 11.3 Å². The third-order valence-corrected chi connectivity index (χ3v) is 4.75. The molecule has 4 heteroatoms. The molecule has 0 aliphatic rings. The van der Waals surface area contributed by atoms with Crippen molar-refractivity contribution in [3.8, 4) is 0 Å². The van der Waals surface area contributed by atoms with Crippen LogP contribution in [0.5, 0.6) is 0 Å². The summed E-state index contributed by atoms with van der Waals surface area (Å²) < 4.78 is 14.3. The van der Waals surface area contributed by atoms with Crippen molar-refractivity contribution in [2.45, 2.75) is 26.8 Å². The summed E-state index contributed by atoms with van der Waals surface area (Å²) in [7, 11) is 0. The number of benzene rings is 2. The van der Waals surface area contributed by atoms with Gasteiger partial charge in [0.15, 0.2) is 0 Å². The first-order valence-electron chi connectivity index (χ1n) is 6.43. The maximum absolute atomic E-state index is 13.2. The summed E-state index contributed by atoms with van der Waals surface area (Å²) in [6, 6.07) is 8.79. The van der Waals surface area contributed by atoms with Gasteiger partial charge in [-0.3, -0.25) is 5.84 Å². The van der Waals surface area contributed by atoms with Gasteiger partial charge in [-0.25, -0.2) is 9.82 Å². The van der Waals surface area contributed by atoms with Crippen LogP contribution in [0, 0.1) is 26.6 Å². The second-order valence-electron chi connectivity index (χ2n) is 5.07. The largest absolute Gasteiger partial charge is 0.271 e. The molecule has 106 valence electrons. The summed E-state index contributed by atoms with van der Waals surface area (Å²) in [5.74, 6) is 5.50. The van der Waals surface area contributed by atoms with Crippen LogP contribution in [0.15, 0.2) is 34.8 Å². The summed E-state index contributed by atoms with van der Waals surface area (Å²) >= 11 is 3.56. The molecular weight excluding hydrogens is 319 g/mol. The van der Waals surface area contributed by atoms with Crippen LogP contribution in [0.2, 0.25) is 0 Å². The topological polar surface area (TPSA) is 38.0 Å². The van der Waals surface area contributed by atoms with E-state index in [1.165, 1.54) is 12.1 Å². The fraction of sp³-hybridized carbons (Fsp3) is 0.250. The molecule has 0 spiro atoms. The number of nitrogens with two attached hydrogens (primary N) is 1. The second-order valence-corrected chi connectivity index (χ2v) is 5.86. The van der Waals surface area contributed by atoms with Gasteiger partial charge in [-0.1, -0.05) is 34.1 Å². The number of hydrogen-bond donors (Lipinski definition) is 2. The van der Waals surface area contributed by atoms with Crippen LogP contribution in [0.3, 0.4) is 0 Å². The number of nitrogens with one attached hydrogen (secondary N) is 1. The Bertz CT molecular complexity index is 617. The van der Waals surface area contributed by atoms with E-state index in [2.05, 4.69) is 33.5 Å². The normalized spacial score (nSPS) is 12.5. The molecule has 2 rings (SSSR count). The van der Waals surface area contributed by atoms with E-state index in [1.54, 1.807) is 6.07 Å². The van der Waals surface area contributed by atoms with Crippen molar-refractivity contribution in [2.24, 2.45) is 5.84 Å². The van der Waals surface area contributed by atoms with Crippen molar-refractivity contribution in [3.05, 3.63) is 68.4 Å². The Kier molecular flexibility index (Phi) is 4.58. The minimum atomic E-state index is -0.231. The fourth-order valence-corrected chi connectivity index (χ4v) is 2.70. The summed E-state index contributed by atoms with van der Waals surface area (Å²) in [5, 5.41) is 0. The van der Waals surface area contributed by atoms with Crippen LogP contribution in [-0.2, 0) is 0 Å². The van der Waals surface area contributed by atoms with Crippen LogP contribution in [0.4, 0.5) is 4.39 Å². The zero-order valence-electron chi connectivity index (χ0n) is 11.8. The summed E-state index contributed by atoms with van der Waals surface area (Å²) in [4.78, 5) is 0. The van der Waals surface area contributed by atoms with Gasteiger partial charge < -0.3 is 0 Å². The lowest BCUT2D eigenvalue weighted by molar-refractivity contribution is 0.611. The van der Waals surface area contributed by atoms with Crippen molar-refractivity contribution in [2.75, 3.05) is 0 Å². The van der Waals surface area contributed by atoms with Gasteiger partial charge in [0, 0.05) is 4.47 Å². The van der Waals surface area contributed by atoms with Crippen molar-refractivity contribution < 1.29 is 4.39 Å². The summed E-state index contributed by atoms with van der Waals surface area (Å²) in [5.41, 5.74) is 8.07. The lowest BCUT2D eigenvalue weighted by Crippen LogP contribution is -2.29. The Morgan fingerprint density at radius 1 is 1.05 bits per heavy atom. The maximum Gasteiger partial charge on any atom is 0.123 e. The average Bonchev–Trinajstić information content (AvgIpc) is 2.39. The first kappa shape index (κ1) is 15.2. The van der Waals surface area contributed by atoms with Crippen molar-refractivity contribution in [1.82, 2.24) is 5.43 Å². The Hall–Kier alpha value is -1.23. The van der Waals surface area contributed by atoms with Crippen LogP contribution in [-0.4, -0.2) is 0 Å². The van der Waals surface area contributed by atoms with E-state index in [9.17, 15) is 4.39 Å². The molecule has 2 aromatic rings. The highest BCUT2D eigenvalue weighted by Gasteiger charge is 2.16. The highest BCUT2D eigenvalue weighted by Crippen LogP contribution is 2.30. The lowest BCUT2D eigenvalue weighted by atomic mass is 9.93. The van der Waals surface area contributed by atoms with Crippen molar-refractivity contribution >= 4 is 15.9 Å². The molecule has 1 unspecified atom stereocenters. The molecule has 2 aromatic carbocycles. The third-order valence-electron chi connectivity index (χ3n) is 3.50. The molecule has 1 atom stereocenters. The van der Waals surface area contributed by atoms with E-state index in [-0.39, 0.29) is 11.9 Å². The van der Waals surface area contributed by atoms with E-state index in [4.69, 9.17) is 5.84 Å². The Morgan fingerprint density at radius 2 is 1.65 bits per heavy atom. The molecule has 0 aliphatic carbocycles. The van der Waals surface area contributed by atoms with Crippen molar-refractivity contribution in [1.29, 1.82) is 0 Å². The molecule has 0 saturated carbocycles. The van der Waals surface area contributed by atoms with Crippen LogP contribution in [0.25, 0.3) is 0 Å². The van der Waals surface area contributed by atoms with Gasteiger partial charge in [-0.2, -0.15) is 0 Å². The Labute approximate surface area is 127 Å².